The highest BCUT2D eigenvalue weighted by Gasteiger charge is 2.14. The number of nitrogens with zero attached hydrogens (tertiary/aromatic N) is 2. The van der Waals surface area contributed by atoms with Crippen LogP contribution in [0.5, 0.6) is 5.75 Å². The molecule has 0 saturated heterocycles. The molecule has 0 saturated carbocycles. The van der Waals surface area contributed by atoms with E-state index in [4.69, 9.17) is 5.11 Å². The minimum absolute atomic E-state index is 0.257. The average molecular weight is 234 g/mol. The molecule has 0 spiro atoms. The quantitative estimate of drug-likeness (QED) is 0.791. The number of carboxylic acids is 1. The normalized spacial score (nSPS) is 9.59. The van der Waals surface area contributed by atoms with E-state index in [1.165, 1.54) is 6.20 Å². The molecule has 0 bridgehead atoms. The van der Waals surface area contributed by atoms with Gasteiger partial charge in [-0.05, 0) is 18.6 Å². The fraction of sp³-hybridized carbons (Fsp3) is 0.250. The third-order valence-corrected chi connectivity index (χ3v) is 2.04. The summed E-state index contributed by atoms with van der Waals surface area (Å²) in [6.07, 6.45) is 2.95. The Morgan fingerprint density at radius 3 is 2.47 bits per heavy atom. The van der Waals surface area contributed by atoms with E-state index in [9.17, 15) is 9.90 Å². The van der Waals surface area contributed by atoms with Gasteiger partial charge in [0.15, 0.2) is 11.4 Å². The highest BCUT2D eigenvalue weighted by Crippen LogP contribution is 2.25. The molecule has 0 fully saturated rings. The molecule has 0 unspecified atom stereocenters. The number of aromatic carboxylic acids is 1. The van der Waals surface area contributed by atoms with Crippen molar-refractivity contribution in [3.8, 4) is 5.75 Å². The third kappa shape index (κ3) is 2.50. The molecule has 17 heavy (non-hydrogen) atoms. The van der Waals surface area contributed by atoms with Crippen LogP contribution in [0.15, 0.2) is 18.5 Å². The zero-order valence-electron chi connectivity index (χ0n) is 9.93. The molecule has 2 rings (SSSR count). The first kappa shape index (κ1) is 12.9. The molecule has 0 aliphatic carbocycles. The summed E-state index contributed by atoms with van der Waals surface area (Å²) in [7, 11) is 0. The number of hydrogen-bond acceptors (Lipinski definition) is 4. The van der Waals surface area contributed by atoms with E-state index >= 15 is 0 Å². The van der Waals surface area contributed by atoms with Gasteiger partial charge in [0.05, 0.1) is 0 Å². The van der Waals surface area contributed by atoms with Crippen molar-refractivity contribution in [2.75, 3.05) is 0 Å². The van der Waals surface area contributed by atoms with Crippen molar-refractivity contribution in [3.05, 3.63) is 29.7 Å². The van der Waals surface area contributed by atoms with E-state index in [0.29, 0.717) is 5.39 Å². The van der Waals surface area contributed by atoms with Gasteiger partial charge in [0, 0.05) is 17.8 Å². The van der Waals surface area contributed by atoms with Crippen molar-refractivity contribution in [1.82, 2.24) is 9.97 Å². The van der Waals surface area contributed by atoms with E-state index in [1.807, 2.05) is 20.8 Å². The molecule has 2 aromatic heterocycles. The molecule has 2 heterocycles. The van der Waals surface area contributed by atoms with E-state index < -0.39 is 5.97 Å². The fourth-order valence-electron chi connectivity index (χ4n) is 1.35. The predicted octanol–water partition coefficient (Wildman–Crippen LogP) is 2.37. The molecule has 0 amide bonds. The SMILES string of the molecule is CC.Cc1cnc2c(O)c(C(=O)O)ncc2c1. The van der Waals surface area contributed by atoms with Crippen molar-refractivity contribution in [1.29, 1.82) is 0 Å². The van der Waals surface area contributed by atoms with Gasteiger partial charge >= 0.3 is 5.97 Å². The molecule has 0 aliphatic heterocycles. The van der Waals surface area contributed by atoms with Gasteiger partial charge < -0.3 is 10.2 Å². The summed E-state index contributed by atoms with van der Waals surface area (Å²) in [5, 5.41) is 19.0. The lowest BCUT2D eigenvalue weighted by Gasteiger charge is -2.03. The maximum absolute atomic E-state index is 10.7. The number of aromatic nitrogens is 2. The molecule has 0 aliphatic rings. The summed E-state index contributed by atoms with van der Waals surface area (Å²) < 4.78 is 0. The third-order valence-electron chi connectivity index (χ3n) is 2.04. The predicted molar refractivity (Wildman–Crippen MR) is 64.2 cm³/mol. The highest BCUT2D eigenvalue weighted by molar-refractivity contribution is 5.96. The number of hydrogen-bond donors (Lipinski definition) is 2. The minimum Gasteiger partial charge on any atom is -0.504 e. The number of carbonyl (C=O) groups is 1. The van der Waals surface area contributed by atoms with Crippen LogP contribution in [0.4, 0.5) is 0 Å². The molecule has 5 heteroatoms. The van der Waals surface area contributed by atoms with Crippen LogP contribution >= 0.6 is 0 Å². The number of aromatic hydroxyl groups is 1. The van der Waals surface area contributed by atoms with Gasteiger partial charge in [-0.15, -0.1) is 0 Å². The summed E-state index contributed by atoms with van der Waals surface area (Å²) in [6.45, 7) is 5.86. The van der Waals surface area contributed by atoms with Gasteiger partial charge in [-0.25, -0.2) is 9.78 Å². The molecular weight excluding hydrogens is 220 g/mol. The fourth-order valence-corrected chi connectivity index (χ4v) is 1.35. The van der Waals surface area contributed by atoms with Gasteiger partial charge in [0.1, 0.15) is 5.52 Å². The monoisotopic (exact) mass is 234 g/mol. The van der Waals surface area contributed by atoms with E-state index in [0.717, 1.165) is 5.56 Å². The zero-order chi connectivity index (χ0) is 13.0. The number of pyridine rings is 2. The van der Waals surface area contributed by atoms with Crippen LogP contribution in [0.1, 0.15) is 29.9 Å². The number of fused-ring (bicyclic) bond motifs is 1. The first-order chi connectivity index (χ1) is 8.09. The lowest BCUT2D eigenvalue weighted by Crippen LogP contribution is -2.01. The maximum atomic E-state index is 10.7. The largest absolute Gasteiger partial charge is 0.504 e. The topological polar surface area (TPSA) is 83.3 Å². The lowest BCUT2D eigenvalue weighted by molar-refractivity contribution is 0.0687. The second-order valence-electron chi connectivity index (χ2n) is 3.21. The van der Waals surface area contributed by atoms with Crippen molar-refractivity contribution in [2.45, 2.75) is 20.8 Å². The van der Waals surface area contributed by atoms with Crippen molar-refractivity contribution < 1.29 is 15.0 Å². The number of aryl methyl sites for hydroxylation is 1. The van der Waals surface area contributed by atoms with Crippen LogP contribution in [0.25, 0.3) is 10.9 Å². The Bertz CT molecular complexity index is 553. The van der Waals surface area contributed by atoms with Crippen molar-refractivity contribution >= 4 is 16.9 Å². The Balaban J connectivity index is 0.000000686. The van der Waals surface area contributed by atoms with Crippen molar-refractivity contribution in [3.63, 3.8) is 0 Å². The second kappa shape index (κ2) is 5.25. The Kier molecular flexibility index (Phi) is 3.98. The van der Waals surface area contributed by atoms with Crippen LogP contribution in [-0.4, -0.2) is 26.2 Å². The van der Waals surface area contributed by atoms with Gasteiger partial charge in [-0.1, -0.05) is 13.8 Å². The molecule has 2 N–H and O–H groups in total. The van der Waals surface area contributed by atoms with Crippen molar-refractivity contribution in [2.24, 2.45) is 0 Å². The van der Waals surface area contributed by atoms with Crippen LogP contribution in [0.2, 0.25) is 0 Å². The van der Waals surface area contributed by atoms with Gasteiger partial charge in [-0.3, -0.25) is 4.98 Å². The summed E-state index contributed by atoms with van der Waals surface area (Å²) in [4.78, 5) is 18.3. The lowest BCUT2D eigenvalue weighted by atomic mass is 10.2. The van der Waals surface area contributed by atoms with E-state index in [1.54, 1.807) is 12.3 Å². The number of carboxylic acid groups (broad SMARTS) is 1. The Morgan fingerprint density at radius 2 is 1.88 bits per heavy atom. The maximum Gasteiger partial charge on any atom is 0.358 e. The van der Waals surface area contributed by atoms with E-state index in [2.05, 4.69) is 9.97 Å². The average Bonchev–Trinajstić information content (AvgIpc) is 2.31. The van der Waals surface area contributed by atoms with Crippen LogP contribution < -0.4 is 0 Å². The molecule has 2 aromatic rings. The first-order valence-electron chi connectivity index (χ1n) is 5.27. The summed E-state index contributed by atoms with van der Waals surface area (Å²) in [5.41, 5.74) is 0.804. The second-order valence-corrected chi connectivity index (χ2v) is 3.21. The Labute approximate surface area is 98.8 Å². The summed E-state index contributed by atoms with van der Waals surface area (Å²) in [6, 6.07) is 1.78. The highest BCUT2D eigenvalue weighted by atomic mass is 16.4. The number of rotatable bonds is 1. The molecule has 90 valence electrons. The van der Waals surface area contributed by atoms with Gasteiger partial charge in [0.2, 0.25) is 0 Å². The zero-order valence-corrected chi connectivity index (χ0v) is 9.93. The smallest absolute Gasteiger partial charge is 0.358 e. The molecule has 0 radical (unpaired) electrons. The summed E-state index contributed by atoms with van der Waals surface area (Å²) >= 11 is 0. The van der Waals surface area contributed by atoms with Gasteiger partial charge in [0.25, 0.3) is 0 Å². The molecular formula is C12H14N2O3. The first-order valence-corrected chi connectivity index (χ1v) is 5.27. The van der Waals surface area contributed by atoms with Crippen LogP contribution in [0.3, 0.4) is 0 Å². The molecule has 0 aromatic carbocycles. The Hall–Kier alpha value is -2.17. The van der Waals surface area contributed by atoms with E-state index in [-0.39, 0.29) is 17.0 Å². The summed E-state index contributed by atoms with van der Waals surface area (Å²) in [5.74, 6) is -1.66. The Morgan fingerprint density at radius 1 is 1.24 bits per heavy atom. The molecule has 5 nitrogen and oxygen atoms in total. The van der Waals surface area contributed by atoms with Crippen LogP contribution in [-0.2, 0) is 0 Å². The minimum atomic E-state index is -1.27. The van der Waals surface area contributed by atoms with Crippen LogP contribution in [0, 0.1) is 6.92 Å². The standard InChI is InChI=1S/C10H8N2O3.C2H6/c1-5-2-6-4-12-8(10(14)15)9(13)7(6)11-3-5;1-2/h2-4,13H,1H3,(H,14,15);1-2H3. The molecule has 0 atom stereocenters. The van der Waals surface area contributed by atoms with Gasteiger partial charge in [-0.2, -0.15) is 0 Å².